The first-order valence-corrected chi connectivity index (χ1v) is 11.1. The molecule has 0 saturated carbocycles. The van der Waals surface area contributed by atoms with Gasteiger partial charge >= 0.3 is 0 Å². The molecule has 1 amide bonds. The molecule has 4 rings (SSSR count). The second kappa shape index (κ2) is 9.83. The van der Waals surface area contributed by atoms with Gasteiger partial charge in [-0.15, -0.1) is 0 Å². The fourth-order valence-electron chi connectivity index (χ4n) is 4.13. The van der Waals surface area contributed by atoms with Crippen molar-refractivity contribution < 1.29 is 4.79 Å². The highest BCUT2D eigenvalue weighted by Gasteiger charge is 2.20. The number of hydrogen-bond acceptors (Lipinski definition) is 5. The largest absolute Gasteiger partial charge is 0.309 e. The summed E-state index contributed by atoms with van der Waals surface area (Å²) >= 11 is 0. The number of nitrogens with one attached hydrogen (secondary N) is 1. The van der Waals surface area contributed by atoms with Crippen molar-refractivity contribution in [1.82, 2.24) is 14.9 Å². The summed E-state index contributed by atoms with van der Waals surface area (Å²) in [5.74, 6) is -0.366. The maximum Gasteiger partial charge on any atom is 0.276 e. The minimum absolute atomic E-state index is 0.0341. The molecule has 1 aliphatic rings. The second-order valence-electron chi connectivity index (χ2n) is 8.40. The Kier molecular flexibility index (Phi) is 6.71. The quantitative estimate of drug-likeness (QED) is 0.589. The number of rotatable bonds is 6. The van der Waals surface area contributed by atoms with Crippen LogP contribution in [-0.4, -0.2) is 46.6 Å². The molecule has 0 atom stereocenters. The van der Waals surface area contributed by atoms with Crippen LogP contribution >= 0.6 is 0 Å². The molecule has 3 aromatic rings. The average molecular weight is 428 g/mol. The third-order valence-electron chi connectivity index (χ3n) is 6.04. The van der Waals surface area contributed by atoms with Crippen LogP contribution in [0.3, 0.4) is 0 Å². The zero-order chi connectivity index (χ0) is 22.5. The standard InChI is InChI=1S/C26H29N5O/c1-19-8-9-21(22-13-20(15-29-16-22)18-31-11-4-3-5-12-31)14-24(19)25(27)26(32)30(2)23-7-6-10-28-17-23/h6-10,13-17,27H,3-5,11-12,18H2,1-2H3. The first-order valence-electron chi connectivity index (χ1n) is 11.1. The summed E-state index contributed by atoms with van der Waals surface area (Å²) in [4.78, 5) is 25.4. The van der Waals surface area contributed by atoms with Gasteiger partial charge in [0.1, 0.15) is 5.71 Å². The van der Waals surface area contributed by atoms with E-state index in [0.717, 1.165) is 36.3 Å². The van der Waals surface area contributed by atoms with E-state index in [1.54, 1.807) is 31.6 Å². The van der Waals surface area contributed by atoms with E-state index in [1.807, 2.05) is 37.5 Å². The first-order chi connectivity index (χ1) is 15.5. The van der Waals surface area contributed by atoms with Crippen LogP contribution in [0.5, 0.6) is 0 Å². The monoisotopic (exact) mass is 427 g/mol. The van der Waals surface area contributed by atoms with E-state index in [0.29, 0.717) is 11.3 Å². The average Bonchev–Trinajstić information content (AvgIpc) is 2.84. The zero-order valence-electron chi connectivity index (χ0n) is 18.7. The van der Waals surface area contributed by atoms with Crippen LogP contribution in [0.15, 0.2) is 61.2 Å². The van der Waals surface area contributed by atoms with Gasteiger partial charge in [0, 0.05) is 43.3 Å². The molecule has 0 spiro atoms. The molecule has 6 nitrogen and oxygen atoms in total. The third-order valence-corrected chi connectivity index (χ3v) is 6.04. The summed E-state index contributed by atoms with van der Waals surface area (Å²) in [6.45, 7) is 5.12. The van der Waals surface area contributed by atoms with Gasteiger partial charge in [-0.3, -0.25) is 25.1 Å². The molecule has 3 heterocycles. The second-order valence-corrected chi connectivity index (χ2v) is 8.40. The highest BCUT2D eigenvalue weighted by Crippen LogP contribution is 2.25. The normalized spacial score (nSPS) is 14.2. The lowest BCUT2D eigenvalue weighted by Crippen LogP contribution is -2.33. The van der Waals surface area contributed by atoms with Crippen molar-refractivity contribution in [2.75, 3.05) is 25.0 Å². The number of likely N-dealkylation sites (N-methyl/N-ethyl adjacent to an activating group) is 1. The Balaban J connectivity index is 1.57. The van der Waals surface area contributed by atoms with Crippen LogP contribution in [0.25, 0.3) is 11.1 Å². The molecule has 1 N–H and O–H groups in total. The van der Waals surface area contributed by atoms with E-state index in [1.165, 1.54) is 29.7 Å². The fourth-order valence-corrected chi connectivity index (χ4v) is 4.13. The molecule has 1 aromatic carbocycles. The lowest BCUT2D eigenvalue weighted by molar-refractivity contribution is -0.112. The molecule has 1 aliphatic heterocycles. The zero-order valence-corrected chi connectivity index (χ0v) is 18.7. The number of aromatic nitrogens is 2. The van der Waals surface area contributed by atoms with E-state index >= 15 is 0 Å². The van der Waals surface area contributed by atoms with Crippen molar-refractivity contribution in [2.24, 2.45) is 0 Å². The number of nitrogens with zero attached hydrogens (tertiary/aromatic N) is 4. The van der Waals surface area contributed by atoms with Crippen molar-refractivity contribution in [3.63, 3.8) is 0 Å². The molecular formula is C26H29N5O. The van der Waals surface area contributed by atoms with Crippen LogP contribution in [0.4, 0.5) is 5.69 Å². The van der Waals surface area contributed by atoms with Crippen LogP contribution in [0.1, 0.15) is 36.0 Å². The number of carbonyl (C=O) groups excluding carboxylic acids is 1. The number of hydrogen-bond donors (Lipinski definition) is 1. The third kappa shape index (κ3) is 4.92. The Bertz CT molecular complexity index is 1110. The summed E-state index contributed by atoms with van der Waals surface area (Å²) in [6.07, 6.45) is 10.9. The van der Waals surface area contributed by atoms with Crippen LogP contribution in [0.2, 0.25) is 0 Å². The van der Waals surface area contributed by atoms with Crippen molar-refractivity contribution >= 4 is 17.3 Å². The van der Waals surface area contributed by atoms with E-state index in [-0.39, 0.29) is 11.6 Å². The highest BCUT2D eigenvalue weighted by molar-refractivity contribution is 6.48. The van der Waals surface area contributed by atoms with Gasteiger partial charge in [-0.2, -0.15) is 0 Å². The predicted molar refractivity (Wildman–Crippen MR) is 128 cm³/mol. The highest BCUT2D eigenvalue weighted by atomic mass is 16.2. The van der Waals surface area contributed by atoms with E-state index in [9.17, 15) is 4.79 Å². The molecule has 0 bridgehead atoms. The molecule has 1 saturated heterocycles. The lowest BCUT2D eigenvalue weighted by Gasteiger charge is -2.26. The molecule has 1 fully saturated rings. The van der Waals surface area contributed by atoms with Gasteiger partial charge in [-0.25, -0.2) is 0 Å². The van der Waals surface area contributed by atoms with E-state index in [4.69, 9.17) is 5.41 Å². The summed E-state index contributed by atoms with van der Waals surface area (Å²) in [5, 5.41) is 8.59. The lowest BCUT2D eigenvalue weighted by atomic mass is 9.96. The van der Waals surface area contributed by atoms with Gasteiger partial charge in [0.15, 0.2) is 0 Å². The number of carbonyl (C=O) groups is 1. The van der Waals surface area contributed by atoms with Crippen molar-refractivity contribution in [1.29, 1.82) is 5.41 Å². The SMILES string of the molecule is Cc1ccc(-c2cncc(CN3CCCCC3)c2)cc1C(=N)C(=O)N(C)c1cccnc1. The summed E-state index contributed by atoms with van der Waals surface area (Å²) in [6, 6.07) is 11.7. The number of piperidine rings is 1. The van der Waals surface area contributed by atoms with Crippen molar-refractivity contribution in [3.05, 3.63) is 77.9 Å². The van der Waals surface area contributed by atoms with Gasteiger partial charge in [0.2, 0.25) is 0 Å². The number of anilines is 1. The topological polar surface area (TPSA) is 73.2 Å². The maximum atomic E-state index is 13.0. The molecule has 2 aromatic heterocycles. The molecule has 0 unspecified atom stereocenters. The molecule has 6 heteroatoms. The fraction of sp³-hybridized carbons (Fsp3) is 0.308. The maximum absolute atomic E-state index is 13.0. The number of aryl methyl sites for hydroxylation is 1. The molecular weight excluding hydrogens is 398 g/mol. The van der Waals surface area contributed by atoms with Gasteiger partial charge in [-0.1, -0.05) is 18.6 Å². The number of likely N-dealkylation sites (tertiary alicyclic amines) is 1. The Morgan fingerprint density at radius 2 is 1.84 bits per heavy atom. The van der Waals surface area contributed by atoms with Crippen LogP contribution in [-0.2, 0) is 11.3 Å². The smallest absolute Gasteiger partial charge is 0.276 e. The minimum Gasteiger partial charge on any atom is -0.309 e. The summed E-state index contributed by atoms with van der Waals surface area (Å²) in [7, 11) is 1.67. The van der Waals surface area contributed by atoms with Crippen LogP contribution < -0.4 is 4.90 Å². The van der Waals surface area contributed by atoms with Crippen molar-refractivity contribution in [3.8, 4) is 11.1 Å². The van der Waals surface area contributed by atoms with Gasteiger partial charge in [0.05, 0.1) is 11.9 Å². The molecule has 0 aliphatic carbocycles. The van der Waals surface area contributed by atoms with E-state index < -0.39 is 0 Å². The number of amides is 1. The Hall–Kier alpha value is -3.38. The van der Waals surface area contributed by atoms with Gasteiger partial charge in [-0.05, 0) is 73.8 Å². The van der Waals surface area contributed by atoms with E-state index in [2.05, 4.69) is 20.9 Å². The Morgan fingerprint density at radius 1 is 1.03 bits per heavy atom. The first kappa shape index (κ1) is 21.8. The minimum atomic E-state index is -0.366. The van der Waals surface area contributed by atoms with Crippen molar-refractivity contribution in [2.45, 2.75) is 32.7 Å². The summed E-state index contributed by atoms with van der Waals surface area (Å²) in [5.41, 5.74) is 5.29. The van der Waals surface area contributed by atoms with Gasteiger partial charge in [0.25, 0.3) is 5.91 Å². The van der Waals surface area contributed by atoms with Gasteiger partial charge < -0.3 is 4.90 Å². The summed E-state index contributed by atoms with van der Waals surface area (Å²) < 4.78 is 0. The molecule has 32 heavy (non-hydrogen) atoms. The predicted octanol–water partition coefficient (Wildman–Crippen LogP) is 4.47. The number of benzene rings is 1. The van der Waals surface area contributed by atoms with Crippen LogP contribution in [0, 0.1) is 12.3 Å². The Labute approximate surface area is 189 Å². The number of pyridine rings is 2. The molecule has 164 valence electrons. The molecule has 0 radical (unpaired) electrons. The Morgan fingerprint density at radius 3 is 2.59 bits per heavy atom.